The second-order valence-corrected chi connectivity index (χ2v) is 3.57. The number of aromatic nitrogens is 1. The third-order valence-electron chi connectivity index (χ3n) is 2.41. The van der Waals surface area contributed by atoms with Crippen LogP contribution in [0.25, 0.3) is 0 Å². The topological polar surface area (TPSA) is 49.1 Å². The van der Waals surface area contributed by atoms with Crippen molar-refractivity contribution >= 4 is 5.82 Å². The van der Waals surface area contributed by atoms with E-state index in [0.29, 0.717) is 13.2 Å². The number of nitriles is 1. The van der Waals surface area contributed by atoms with Crippen LogP contribution in [0.1, 0.15) is 5.69 Å². The Labute approximate surface area is 89.1 Å². The summed E-state index contributed by atoms with van der Waals surface area (Å²) in [4.78, 5) is 6.51. The fourth-order valence-corrected chi connectivity index (χ4v) is 1.64. The number of anilines is 1. The van der Waals surface area contributed by atoms with Gasteiger partial charge in [0.15, 0.2) is 6.10 Å². The van der Waals surface area contributed by atoms with E-state index in [1.165, 1.54) is 0 Å². The molecular formula is C11H13N3O. The Morgan fingerprint density at radius 2 is 2.47 bits per heavy atom. The molecule has 4 heteroatoms. The van der Waals surface area contributed by atoms with Crippen molar-refractivity contribution < 1.29 is 4.74 Å². The van der Waals surface area contributed by atoms with Crippen molar-refractivity contribution in [2.75, 3.05) is 24.6 Å². The predicted octanol–water partition coefficient (Wildman–Crippen LogP) is 1.12. The smallest absolute Gasteiger partial charge is 0.161 e. The van der Waals surface area contributed by atoms with Gasteiger partial charge in [-0.05, 0) is 19.1 Å². The molecular weight excluding hydrogens is 190 g/mol. The Kier molecular flexibility index (Phi) is 2.84. The van der Waals surface area contributed by atoms with E-state index < -0.39 is 0 Å². The third kappa shape index (κ3) is 2.25. The van der Waals surface area contributed by atoms with Gasteiger partial charge >= 0.3 is 0 Å². The van der Waals surface area contributed by atoms with Crippen LogP contribution < -0.4 is 4.90 Å². The Hall–Kier alpha value is -1.60. The number of hydrogen-bond donors (Lipinski definition) is 0. The van der Waals surface area contributed by atoms with Crippen molar-refractivity contribution in [1.82, 2.24) is 4.98 Å². The van der Waals surface area contributed by atoms with Crippen LogP contribution in [0, 0.1) is 18.3 Å². The molecule has 0 aromatic carbocycles. The second kappa shape index (κ2) is 4.28. The lowest BCUT2D eigenvalue weighted by molar-refractivity contribution is 0.0761. The van der Waals surface area contributed by atoms with Crippen LogP contribution in [0.3, 0.4) is 0 Å². The standard InChI is InChI=1S/C11H13N3O/c1-9-3-2-4-11(13-9)14-5-6-15-10(7-12)8-14/h2-4,10H,5-6,8H2,1H3. The molecule has 0 bridgehead atoms. The lowest BCUT2D eigenvalue weighted by Crippen LogP contribution is -2.42. The number of rotatable bonds is 1. The molecule has 0 amide bonds. The lowest BCUT2D eigenvalue weighted by Gasteiger charge is -2.30. The summed E-state index contributed by atoms with van der Waals surface area (Å²) in [6.07, 6.45) is -0.332. The zero-order chi connectivity index (χ0) is 10.7. The Morgan fingerprint density at radius 1 is 1.60 bits per heavy atom. The van der Waals surface area contributed by atoms with Gasteiger partial charge in [-0.1, -0.05) is 6.07 Å². The maximum absolute atomic E-state index is 8.79. The van der Waals surface area contributed by atoms with Gasteiger partial charge in [-0.3, -0.25) is 0 Å². The van der Waals surface area contributed by atoms with E-state index in [1.54, 1.807) is 0 Å². The average Bonchev–Trinajstić information content (AvgIpc) is 2.29. The van der Waals surface area contributed by atoms with Crippen LogP contribution in [0.15, 0.2) is 18.2 Å². The lowest BCUT2D eigenvalue weighted by atomic mass is 10.3. The Bertz CT molecular complexity index is 386. The predicted molar refractivity (Wildman–Crippen MR) is 56.5 cm³/mol. The van der Waals surface area contributed by atoms with Gasteiger partial charge in [-0.25, -0.2) is 4.98 Å². The average molecular weight is 203 g/mol. The van der Waals surface area contributed by atoms with Gasteiger partial charge in [0.2, 0.25) is 0 Å². The molecule has 1 unspecified atom stereocenters. The number of hydrogen-bond acceptors (Lipinski definition) is 4. The Balaban J connectivity index is 2.14. The van der Waals surface area contributed by atoms with Crippen molar-refractivity contribution in [3.8, 4) is 6.07 Å². The molecule has 1 aliphatic rings. The van der Waals surface area contributed by atoms with Crippen LogP contribution in [-0.2, 0) is 4.74 Å². The molecule has 78 valence electrons. The molecule has 1 fully saturated rings. The van der Waals surface area contributed by atoms with E-state index in [4.69, 9.17) is 10.00 Å². The zero-order valence-corrected chi connectivity index (χ0v) is 8.68. The summed E-state index contributed by atoms with van der Waals surface area (Å²) < 4.78 is 5.28. The first-order chi connectivity index (χ1) is 7.29. The van der Waals surface area contributed by atoms with Crippen molar-refractivity contribution in [3.63, 3.8) is 0 Å². The van der Waals surface area contributed by atoms with E-state index >= 15 is 0 Å². The molecule has 0 aliphatic carbocycles. The molecule has 0 radical (unpaired) electrons. The Morgan fingerprint density at radius 3 is 3.20 bits per heavy atom. The van der Waals surface area contributed by atoms with E-state index in [-0.39, 0.29) is 6.10 Å². The molecule has 1 saturated heterocycles. The minimum Gasteiger partial charge on any atom is -0.360 e. The highest BCUT2D eigenvalue weighted by atomic mass is 16.5. The molecule has 1 aromatic rings. The second-order valence-electron chi connectivity index (χ2n) is 3.57. The maximum Gasteiger partial charge on any atom is 0.161 e. The summed E-state index contributed by atoms with van der Waals surface area (Å²) in [6.45, 7) is 3.96. The highest BCUT2D eigenvalue weighted by Crippen LogP contribution is 2.15. The number of aryl methyl sites for hydroxylation is 1. The largest absolute Gasteiger partial charge is 0.360 e. The van der Waals surface area contributed by atoms with Gasteiger partial charge in [-0.15, -0.1) is 0 Å². The van der Waals surface area contributed by atoms with Crippen LogP contribution >= 0.6 is 0 Å². The molecule has 0 spiro atoms. The van der Waals surface area contributed by atoms with E-state index in [1.807, 2.05) is 25.1 Å². The molecule has 0 N–H and O–H groups in total. The van der Waals surface area contributed by atoms with Crippen molar-refractivity contribution in [2.24, 2.45) is 0 Å². The van der Waals surface area contributed by atoms with E-state index in [0.717, 1.165) is 18.1 Å². The highest BCUT2D eigenvalue weighted by Gasteiger charge is 2.20. The fourth-order valence-electron chi connectivity index (χ4n) is 1.64. The van der Waals surface area contributed by atoms with Gasteiger partial charge in [-0.2, -0.15) is 5.26 Å². The SMILES string of the molecule is Cc1cccc(N2CCOC(C#N)C2)n1. The van der Waals surface area contributed by atoms with Crippen LogP contribution in [0.5, 0.6) is 0 Å². The fraction of sp³-hybridized carbons (Fsp3) is 0.455. The first-order valence-electron chi connectivity index (χ1n) is 4.99. The normalized spacial score (nSPS) is 21.1. The van der Waals surface area contributed by atoms with Gasteiger partial charge in [0.25, 0.3) is 0 Å². The van der Waals surface area contributed by atoms with Crippen LogP contribution in [0.4, 0.5) is 5.82 Å². The molecule has 2 heterocycles. The van der Waals surface area contributed by atoms with Crippen LogP contribution in [0.2, 0.25) is 0 Å². The quantitative estimate of drug-likeness (QED) is 0.686. The van der Waals surface area contributed by atoms with E-state index in [2.05, 4.69) is 16.0 Å². The maximum atomic E-state index is 8.79. The molecule has 1 atom stereocenters. The third-order valence-corrected chi connectivity index (χ3v) is 2.41. The summed E-state index contributed by atoms with van der Waals surface area (Å²) in [6, 6.07) is 8.04. The van der Waals surface area contributed by atoms with Gasteiger partial charge in [0, 0.05) is 12.2 Å². The summed E-state index contributed by atoms with van der Waals surface area (Å²) in [7, 11) is 0. The number of nitrogens with zero attached hydrogens (tertiary/aromatic N) is 3. The van der Waals surface area contributed by atoms with E-state index in [9.17, 15) is 0 Å². The molecule has 0 saturated carbocycles. The minimum atomic E-state index is -0.332. The van der Waals surface area contributed by atoms with Gasteiger partial charge < -0.3 is 9.64 Å². The molecule has 4 nitrogen and oxygen atoms in total. The summed E-state index contributed by atoms with van der Waals surface area (Å²) in [5.74, 6) is 0.929. The van der Waals surface area contributed by atoms with Crippen molar-refractivity contribution in [2.45, 2.75) is 13.0 Å². The monoisotopic (exact) mass is 203 g/mol. The van der Waals surface area contributed by atoms with Gasteiger partial charge in [0.1, 0.15) is 5.82 Å². The number of pyridine rings is 1. The molecule has 1 aliphatic heterocycles. The first-order valence-corrected chi connectivity index (χ1v) is 4.99. The summed E-state index contributed by atoms with van der Waals surface area (Å²) in [5.41, 5.74) is 0.993. The first kappa shape index (κ1) is 9.94. The molecule has 2 rings (SSSR count). The number of ether oxygens (including phenoxy) is 1. The van der Waals surface area contributed by atoms with Gasteiger partial charge in [0.05, 0.1) is 19.2 Å². The summed E-state index contributed by atoms with van der Waals surface area (Å²) >= 11 is 0. The molecule has 15 heavy (non-hydrogen) atoms. The van der Waals surface area contributed by atoms with Crippen molar-refractivity contribution in [1.29, 1.82) is 5.26 Å². The summed E-state index contributed by atoms with van der Waals surface area (Å²) in [5, 5.41) is 8.79. The van der Waals surface area contributed by atoms with Crippen molar-refractivity contribution in [3.05, 3.63) is 23.9 Å². The minimum absolute atomic E-state index is 0.332. The highest BCUT2D eigenvalue weighted by molar-refractivity contribution is 5.40. The number of morpholine rings is 1. The zero-order valence-electron chi connectivity index (χ0n) is 8.68. The van der Waals surface area contributed by atoms with Crippen LogP contribution in [-0.4, -0.2) is 30.8 Å². The molecule has 1 aromatic heterocycles.